The number of hydrogen-bond donors (Lipinski definition) is 1. The second-order valence-corrected chi connectivity index (χ2v) is 6.90. The summed E-state index contributed by atoms with van der Waals surface area (Å²) in [5.74, 6) is 0.961. The number of rotatable bonds is 6. The molecule has 0 unspecified atom stereocenters. The van der Waals surface area contributed by atoms with Crippen LogP contribution >= 0.6 is 0 Å². The van der Waals surface area contributed by atoms with E-state index in [-0.39, 0.29) is 6.61 Å². The Kier molecular flexibility index (Phi) is 6.45. The topological polar surface area (TPSA) is 35.9 Å². The SMILES string of the molecule is COc1ccc(CN2CCN(C(C)C)C[C@H]2CCO)c(C)c1C. The van der Waals surface area contributed by atoms with Crippen LogP contribution in [-0.4, -0.2) is 60.3 Å². The number of nitrogens with zero attached hydrogens (tertiary/aromatic N) is 2. The van der Waals surface area contributed by atoms with Crippen molar-refractivity contribution in [3.63, 3.8) is 0 Å². The molecule has 0 bridgehead atoms. The zero-order chi connectivity index (χ0) is 17.0. The molecule has 4 heteroatoms. The molecule has 1 aliphatic heterocycles. The van der Waals surface area contributed by atoms with Crippen molar-refractivity contribution in [3.05, 3.63) is 28.8 Å². The summed E-state index contributed by atoms with van der Waals surface area (Å²) in [6, 6.07) is 5.26. The van der Waals surface area contributed by atoms with Gasteiger partial charge in [0.15, 0.2) is 0 Å². The second kappa shape index (κ2) is 8.13. The van der Waals surface area contributed by atoms with E-state index in [1.165, 1.54) is 16.7 Å². The number of benzene rings is 1. The Morgan fingerprint density at radius 2 is 1.96 bits per heavy atom. The first-order chi connectivity index (χ1) is 11.0. The third kappa shape index (κ3) is 4.25. The highest BCUT2D eigenvalue weighted by Crippen LogP contribution is 2.26. The summed E-state index contributed by atoms with van der Waals surface area (Å²) in [6.07, 6.45) is 0.845. The first-order valence-electron chi connectivity index (χ1n) is 8.70. The van der Waals surface area contributed by atoms with E-state index < -0.39 is 0 Å². The Labute approximate surface area is 141 Å². The summed E-state index contributed by atoms with van der Waals surface area (Å²) in [7, 11) is 1.73. The molecular weight excluding hydrogens is 288 g/mol. The van der Waals surface area contributed by atoms with Gasteiger partial charge in [-0.05, 0) is 56.9 Å². The first-order valence-corrected chi connectivity index (χ1v) is 8.70. The normalized spacial score (nSPS) is 20.2. The maximum Gasteiger partial charge on any atom is 0.122 e. The summed E-state index contributed by atoms with van der Waals surface area (Å²) in [5.41, 5.74) is 3.91. The molecule has 1 saturated heterocycles. The van der Waals surface area contributed by atoms with Crippen molar-refractivity contribution in [2.45, 2.75) is 52.7 Å². The highest BCUT2D eigenvalue weighted by atomic mass is 16.5. The highest BCUT2D eigenvalue weighted by molar-refractivity contribution is 5.43. The number of aliphatic hydroxyl groups is 1. The lowest BCUT2D eigenvalue weighted by atomic mass is 10.00. The van der Waals surface area contributed by atoms with Gasteiger partial charge in [-0.15, -0.1) is 0 Å². The van der Waals surface area contributed by atoms with E-state index in [4.69, 9.17) is 4.74 Å². The minimum absolute atomic E-state index is 0.258. The van der Waals surface area contributed by atoms with Crippen LogP contribution in [0.4, 0.5) is 0 Å². The highest BCUT2D eigenvalue weighted by Gasteiger charge is 2.28. The van der Waals surface area contributed by atoms with Crippen LogP contribution in [0, 0.1) is 13.8 Å². The number of methoxy groups -OCH3 is 1. The van der Waals surface area contributed by atoms with Crippen molar-refractivity contribution >= 4 is 0 Å². The molecule has 1 aromatic carbocycles. The molecule has 2 rings (SSSR count). The quantitative estimate of drug-likeness (QED) is 0.874. The Bertz CT molecular complexity index is 516. The third-order valence-electron chi connectivity index (χ3n) is 5.27. The van der Waals surface area contributed by atoms with E-state index in [0.717, 1.165) is 38.3 Å². The molecule has 0 amide bonds. The van der Waals surface area contributed by atoms with E-state index in [1.54, 1.807) is 7.11 Å². The lowest BCUT2D eigenvalue weighted by Gasteiger charge is -2.43. The van der Waals surface area contributed by atoms with Crippen LogP contribution in [0.15, 0.2) is 12.1 Å². The molecule has 0 aromatic heterocycles. The van der Waals surface area contributed by atoms with Crippen LogP contribution in [0.25, 0.3) is 0 Å². The van der Waals surface area contributed by atoms with Crippen molar-refractivity contribution < 1.29 is 9.84 Å². The van der Waals surface area contributed by atoms with Gasteiger partial charge < -0.3 is 9.84 Å². The van der Waals surface area contributed by atoms with Gasteiger partial charge in [0, 0.05) is 44.9 Å². The third-order valence-corrected chi connectivity index (χ3v) is 5.27. The monoisotopic (exact) mass is 320 g/mol. The fourth-order valence-corrected chi connectivity index (χ4v) is 3.48. The molecule has 4 nitrogen and oxygen atoms in total. The van der Waals surface area contributed by atoms with Crippen LogP contribution in [-0.2, 0) is 6.54 Å². The molecule has 1 atom stereocenters. The van der Waals surface area contributed by atoms with Gasteiger partial charge in [0.05, 0.1) is 7.11 Å². The Morgan fingerprint density at radius 3 is 2.57 bits per heavy atom. The van der Waals surface area contributed by atoms with Crippen molar-refractivity contribution in [3.8, 4) is 5.75 Å². The smallest absolute Gasteiger partial charge is 0.122 e. The predicted octanol–water partition coefficient (Wildman–Crippen LogP) is 2.59. The van der Waals surface area contributed by atoms with Crippen molar-refractivity contribution in [2.75, 3.05) is 33.4 Å². The van der Waals surface area contributed by atoms with Gasteiger partial charge in [-0.2, -0.15) is 0 Å². The van der Waals surface area contributed by atoms with E-state index in [1.807, 2.05) is 0 Å². The van der Waals surface area contributed by atoms with Gasteiger partial charge in [-0.25, -0.2) is 0 Å². The average molecular weight is 320 g/mol. The Balaban J connectivity index is 2.13. The van der Waals surface area contributed by atoms with Crippen LogP contribution < -0.4 is 4.74 Å². The minimum atomic E-state index is 0.258. The van der Waals surface area contributed by atoms with Crippen LogP contribution in [0.1, 0.15) is 37.0 Å². The minimum Gasteiger partial charge on any atom is -0.496 e. The number of ether oxygens (including phenoxy) is 1. The van der Waals surface area contributed by atoms with Gasteiger partial charge in [0.1, 0.15) is 5.75 Å². The van der Waals surface area contributed by atoms with Crippen molar-refractivity contribution in [2.24, 2.45) is 0 Å². The van der Waals surface area contributed by atoms with Crippen LogP contribution in [0.2, 0.25) is 0 Å². The number of piperazine rings is 1. The molecule has 23 heavy (non-hydrogen) atoms. The molecule has 130 valence electrons. The maximum absolute atomic E-state index is 9.43. The first kappa shape index (κ1) is 18.2. The van der Waals surface area contributed by atoms with Gasteiger partial charge in [-0.1, -0.05) is 6.07 Å². The van der Waals surface area contributed by atoms with E-state index in [9.17, 15) is 5.11 Å². The molecule has 0 saturated carbocycles. The summed E-state index contributed by atoms with van der Waals surface area (Å²) < 4.78 is 5.42. The zero-order valence-electron chi connectivity index (χ0n) is 15.3. The number of aliphatic hydroxyl groups excluding tert-OH is 1. The molecule has 1 aliphatic rings. The summed E-state index contributed by atoms with van der Waals surface area (Å²) in [4.78, 5) is 5.05. The van der Waals surface area contributed by atoms with Gasteiger partial charge in [-0.3, -0.25) is 9.80 Å². The van der Waals surface area contributed by atoms with Crippen molar-refractivity contribution in [1.82, 2.24) is 9.80 Å². The maximum atomic E-state index is 9.43. The van der Waals surface area contributed by atoms with Crippen molar-refractivity contribution in [1.29, 1.82) is 0 Å². The molecule has 1 N–H and O–H groups in total. The molecule has 0 spiro atoms. The van der Waals surface area contributed by atoms with Gasteiger partial charge in [0.2, 0.25) is 0 Å². The fourth-order valence-electron chi connectivity index (χ4n) is 3.48. The molecule has 1 heterocycles. The molecule has 0 aliphatic carbocycles. The predicted molar refractivity (Wildman–Crippen MR) is 95.1 cm³/mol. The molecule has 0 radical (unpaired) electrons. The standard InChI is InChI=1S/C19H32N2O2/c1-14(2)20-9-10-21(18(13-20)8-11-22)12-17-6-7-19(23-5)16(4)15(17)3/h6-7,14,18,22H,8-13H2,1-5H3/t18-/m1/s1. The summed E-state index contributed by atoms with van der Waals surface area (Å²) in [6.45, 7) is 13.2. The van der Waals surface area contributed by atoms with E-state index in [2.05, 4.69) is 49.6 Å². The fraction of sp³-hybridized carbons (Fsp3) is 0.684. The lowest BCUT2D eigenvalue weighted by molar-refractivity contribution is 0.0387. The number of hydrogen-bond acceptors (Lipinski definition) is 4. The molecular formula is C19H32N2O2. The largest absolute Gasteiger partial charge is 0.496 e. The Hall–Kier alpha value is -1.10. The second-order valence-electron chi connectivity index (χ2n) is 6.90. The molecule has 1 fully saturated rings. The van der Waals surface area contributed by atoms with Crippen LogP contribution in [0.5, 0.6) is 5.75 Å². The summed E-state index contributed by atoms with van der Waals surface area (Å²) >= 11 is 0. The van der Waals surface area contributed by atoms with E-state index in [0.29, 0.717) is 12.1 Å². The average Bonchev–Trinajstić information content (AvgIpc) is 2.53. The summed E-state index contributed by atoms with van der Waals surface area (Å²) in [5, 5.41) is 9.43. The van der Waals surface area contributed by atoms with Gasteiger partial charge in [0.25, 0.3) is 0 Å². The van der Waals surface area contributed by atoms with Gasteiger partial charge >= 0.3 is 0 Å². The zero-order valence-corrected chi connectivity index (χ0v) is 15.3. The Morgan fingerprint density at radius 1 is 1.22 bits per heavy atom. The molecule has 1 aromatic rings. The van der Waals surface area contributed by atoms with Crippen LogP contribution in [0.3, 0.4) is 0 Å². The van der Waals surface area contributed by atoms with E-state index >= 15 is 0 Å². The lowest BCUT2D eigenvalue weighted by Crippen LogP contribution is -2.54.